The highest BCUT2D eigenvalue weighted by atomic mass is 19.1. The Morgan fingerprint density at radius 3 is 2.48 bits per heavy atom. The molecular weight excluding hydrogens is 428 g/mol. The normalized spacial score (nSPS) is 10.8. The summed E-state index contributed by atoms with van der Waals surface area (Å²) in [4.78, 5) is 24.3. The summed E-state index contributed by atoms with van der Waals surface area (Å²) in [5.41, 5.74) is 2.73. The number of benzene rings is 2. The maximum Gasteiger partial charge on any atom is 0.331 e. The van der Waals surface area contributed by atoms with Crippen molar-refractivity contribution in [2.45, 2.75) is 20.4 Å². The number of halogens is 2. The van der Waals surface area contributed by atoms with Crippen molar-refractivity contribution in [3.63, 3.8) is 0 Å². The summed E-state index contributed by atoms with van der Waals surface area (Å²) in [5, 5.41) is 12.2. The Kier molecular flexibility index (Phi) is 7.36. The molecule has 0 saturated carbocycles. The van der Waals surface area contributed by atoms with Gasteiger partial charge in [-0.25, -0.2) is 13.6 Å². The number of carbonyl (C=O) groups is 2. The summed E-state index contributed by atoms with van der Waals surface area (Å²) in [6.45, 7) is 3.28. The fourth-order valence-corrected chi connectivity index (χ4v) is 3.22. The lowest BCUT2D eigenvalue weighted by molar-refractivity contribution is -0.142. The minimum atomic E-state index is -0.817. The number of nitrogens with zero attached hydrogens (tertiary/aromatic N) is 2. The average molecular weight is 449 g/mol. The molecule has 1 heterocycles. The van der Waals surface area contributed by atoms with Crippen LogP contribution < -0.4 is 5.32 Å². The molecule has 0 radical (unpaired) electrons. The summed E-state index contributed by atoms with van der Waals surface area (Å²) < 4.78 is 33.5. The lowest BCUT2D eigenvalue weighted by Gasteiger charge is -2.13. The van der Waals surface area contributed by atoms with Crippen LogP contribution in [0.5, 0.6) is 0 Å². The van der Waals surface area contributed by atoms with Crippen molar-refractivity contribution in [3.05, 3.63) is 94.2 Å². The van der Waals surface area contributed by atoms with Crippen LogP contribution in [0.15, 0.2) is 54.6 Å². The predicted octanol–water partition coefficient (Wildman–Crippen LogP) is 4.50. The molecule has 0 spiro atoms. The van der Waals surface area contributed by atoms with Crippen LogP contribution >= 0.6 is 0 Å². The lowest BCUT2D eigenvalue weighted by atomic mass is 10.2. The zero-order valence-electron chi connectivity index (χ0n) is 18.1. The quantitative estimate of drug-likeness (QED) is 0.425. The molecule has 0 saturated heterocycles. The Hall–Kier alpha value is -4.25. The lowest BCUT2D eigenvalue weighted by Crippen LogP contribution is -2.22. The highest BCUT2D eigenvalue weighted by Crippen LogP contribution is 2.27. The second-order valence-electron chi connectivity index (χ2n) is 7.27. The molecule has 0 aliphatic carbocycles. The summed E-state index contributed by atoms with van der Waals surface area (Å²) in [6, 6.07) is 13.9. The van der Waals surface area contributed by atoms with Gasteiger partial charge < -0.3 is 14.6 Å². The Balaban J connectivity index is 1.70. The standard InChI is InChI=1S/C25H21F2N3O3/c1-16-17(2)30(14-18-7-10-20(26)11-8-18)25(21(16)13-28)29-23(31)15-33-24(32)12-9-19-5-3-4-6-22(19)27/h3-12H,14-15H2,1-2H3,(H,29,31)/b12-9+. The predicted molar refractivity (Wildman–Crippen MR) is 119 cm³/mol. The first-order chi connectivity index (χ1) is 15.8. The van der Waals surface area contributed by atoms with E-state index >= 15 is 0 Å². The van der Waals surface area contributed by atoms with Crippen molar-refractivity contribution >= 4 is 23.8 Å². The number of hydrogen-bond acceptors (Lipinski definition) is 4. The van der Waals surface area contributed by atoms with Crippen LogP contribution in [-0.2, 0) is 20.9 Å². The Labute approximate surface area is 189 Å². The molecule has 1 N–H and O–H groups in total. The van der Waals surface area contributed by atoms with Gasteiger partial charge >= 0.3 is 5.97 Å². The van der Waals surface area contributed by atoms with Crippen LogP contribution in [0.3, 0.4) is 0 Å². The van der Waals surface area contributed by atoms with E-state index in [0.717, 1.165) is 17.3 Å². The molecule has 168 valence electrons. The summed E-state index contributed by atoms with van der Waals surface area (Å²) in [7, 11) is 0. The Bertz CT molecular complexity index is 1260. The number of anilines is 1. The monoisotopic (exact) mass is 449 g/mol. The number of nitriles is 1. The third kappa shape index (κ3) is 5.71. The van der Waals surface area contributed by atoms with E-state index in [4.69, 9.17) is 4.74 Å². The first-order valence-electron chi connectivity index (χ1n) is 10.0. The van der Waals surface area contributed by atoms with Gasteiger partial charge in [0.25, 0.3) is 5.91 Å². The van der Waals surface area contributed by atoms with Gasteiger partial charge in [0.15, 0.2) is 6.61 Å². The van der Waals surface area contributed by atoms with E-state index in [2.05, 4.69) is 11.4 Å². The molecule has 0 aliphatic rings. The first-order valence-corrected chi connectivity index (χ1v) is 10.0. The minimum absolute atomic E-state index is 0.210. The van der Waals surface area contributed by atoms with Gasteiger partial charge in [-0.3, -0.25) is 4.79 Å². The van der Waals surface area contributed by atoms with Crippen molar-refractivity contribution in [1.82, 2.24) is 4.57 Å². The fourth-order valence-electron chi connectivity index (χ4n) is 3.22. The van der Waals surface area contributed by atoms with Crippen molar-refractivity contribution in [3.8, 4) is 6.07 Å². The zero-order valence-corrected chi connectivity index (χ0v) is 18.1. The number of rotatable bonds is 7. The summed E-state index contributed by atoms with van der Waals surface area (Å²) in [5.74, 6) is -2.05. The maximum absolute atomic E-state index is 13.6. The first kappa shape index (κ1) is 23.4. The second kappa shape index (κ2) is 10.4. The zero-order chi connectivity index (χ0) is 24.0. The molecule has 0 unspecified atom stereocenters. The number of ether oxygens (including phenoxy) is 1. The second-order valence-corrected chi connectivity index (χ2v) is 7.27. The largest absolute Gasteiger partial charge is 0.452 e. The molecule has 8 heteroatoms. The van der Waals surface area contributed by atoms with Gasteiger partial charge in [0.05, 0.1) is 5.56 Å². The van der Waals surface area contributed by atoms with E-state index in [-0.39, 0.29) is 22.8 Å². The van der Waals surface area contributed by atoms with Crippen molar-refractivity contribution in [2.24, 2.45) is 0 Å². The SMILES string of the molecule is Cc1c(C#N)c(NC(=O)COC(=O)/C=C/c2ccccc2F)n(Cc2ccc(F)cc2)c1C. The number of esters is 1. The minimum Gasteiger partial charge on any atom is -0.452 e. The number of nitrogens with one attached hydrogen (secondary N) is 1. The van der Waals surface area contributed by atoms with Gasteiger partial charge in [0.1, 0.15) is 23.5 Å². The number of hydrogen-bond donors (Lipinski definition) is 1. The highest BCUT2D eigenvalue weighted by Gasteiger charge is 2.20. The molecule has 33 heavy (non-hydrogen) atoms. The molecule has 0 bridgehead atoms. The topological polar surface area (TPSA) is 84.1 Å². The molecule has 3 aromatic rings. The van der Waals surface area contributed by atoms with Gasteiger partial charge in [-0.1, -0.05) is 30.3 Å². The van der Waals surface area contributed by atoms with Gasteiger partial charge in [-0.15, -0.1) is 0 Å². The van der Waals surface area contributed by atoms with Crippen LogP contribution in [0, 0.1) is 36.8 Å². The fraction of sp³-hybridized carbons (Fsp3) is 0.160. The third-order valence-electron chi connectivity index (χ3n) is 5.10. The smallest absolute Gasteiger partial charge is 0.331 e. The van der Waals surface area contributed by atoms with Crippen LogP contribution in [-0.4, -0.2) is 23.1 Å². The summed E-state index contributed by atoms with van der Waals surface area (Å²) in [6.07, 6.45) is 2.28. The Morgan fingerprint density at radius 1 is 1.12 bits per heavy atom. The number of amides is 1. The molecule has 3 rings (SSSR count). The molecular formula is C25H21F2N3O3. The molecule has 0 atom stereocenters. The van der Waals surface area contributed by atoms with Crippen LogP contribution in [0.1, 0.15) is 27.9 Å². The van der Waals surface area contributed by atoms with E-state index < -0.39 is 24.3 Å². The highest BCUT2D eigenvalue weighted by molar-refractivity contribution is 5.95. The van der Waals surface area contributed by atoms with Gasteiger partial charge in [0, 0.05) is 23.9 Å². The molecule has 0 fully saturated rings. The third-order valence-corrected chi connectivity index (χ3v) is 5.10. The van der Waals surface area contributed by atoms with Crippen molar-refractivity contribution < 1.29 is 23.1 Å². The molecule has 2 aromatic carbocycles. The van der Waals surface area contributed by atoms with E-state index in [0.29, 0.717) is 12.1 Å². The van der Waals surface area contributed by atoms with Crippen LogP contribution in [0.4, 0.5) is 14.6 Å². The van der Waals surface area contributed by atoms with Gasteiger partial charge in [-0.2, -0.15) is 5.26 Å². The molecule has 1 amide bonds. The maximum atomic E-state index is 13.6. The van der Waals surface area contributed by atoms with E-state index in [1.165, 1.54) is 36.4 Å². The summed E-state index contributed by atoms with van der Waals surface area (Å²) >= 11 is 0. The van der Waals surface area contributed by atoms with E-state index in [1.54, 1.807) is 29.7 Å². The molecule has 0 aliphatic heterocycles. The van der Waals surface area contributed by atoms with Crippen LogP contribution in [0.2, 0.25) is 0 Å². The Morgan fingerprint density at radius 2 is 1.82 bits per heavy atom. The van der Waals surface area contributed by atoms with Crippen molar-refractivity contribution in [1.29, 1.82) is 5.26 Å². The number of carbonyl (C=O) groups excluding carboxylic acids is 2. The van der Waals surface area contributed by atoms with E-state index in [1.807, 2.05) is 6.92 Å². The number of aromatic nitrogens is 1. The van der Waals surface area contributed by atoms with Gasteiger partial charge in [-0.05, 0) is 49.2 Å². The van der Waals surface area contributed by atoms with Gasteiger partial charge in [0.2, 0.25) is 0 Å². The average Bonchev–Trinajstić information content (AvgIpc) is 3.02. The van der Waals surface area contributed by atoms with E-state index in [9.17, 15) is 23.6 Å². The van der Waals surface area contributed by atoms with Crippen molar-refractivity contribution in [2.75, 3.05) is 11.9 Å². The molecule has 1 aromatic heterocycles. The molecule has 6 nitrogen and oxygen atoms in total. The van der Waals surface area contributed by atoms with Crippen LogP contribution in [0.25, 0.3) is 6.08 Å².